The Labute approximate surface area is 157 Å². The van der Waals surface area contributed by atoms with Gasteiger partial charge in [0.05, 0.1) is 22.0 Å². The number of benzene rings is 2. The number of para-hydroxylation sites is 2. The molecule has 0 aliphatic carbocycles. The van der Waals surface area contributed by atoms with Crippen molar-refractivity contribution in [2.75, 3.05) is 10.6 Å². The fourth-order valence-electron chi connectivity index (χ4n) is 2.25. The second-order valence-electron chi connectivity index (χ2n) is 5.37. The first-order valence-electron chi connectivity index (χ1n) is 7.67. The molecule has 0 fully saturated rings. The Kier molecular flexibility index (Phi) is 5.27. The molecule has 0 atom stereocenters. The lowest BCUT2D eigenvalue weighted by molar-refractivity contribution is -0.136. The molecular weight excluding hydrogens is 381 g/mol. The van der Waals surface area contributed by atoms with Gasteiger partial charge in [0.2, 0.25) is 5.95 Å². The van der Waals surface area contributed by atoms with Gasteiger partial charge < -0.3 is 10.6 Å². The van der Waals surface area contributed by atoms with Crippen LogP contribution in [-0.2, 0) is 6.18 Å². The molecule has 2 aromatic carbocycles. The van der Waals surface area contributed by atoms with Crippen LogP contribution in [0.5, 0.6) is 0 Å². The summed E-state index contributed by atoms with van der Waals surface area (Å²) < 4.78 is 39.1. The monoisotopic (exact) mass is 392 g/mol. The fraction of sp³-hybridized carbons (Fsp3) is 0.0556. The quantitative estimate of drug-likeness (QED) is 0.644. The predicted molar refractivity (Wildman–Crippen MR) is 96.2 cm³/mol. The minimum absolute atomic E-state index is 0.0832. The number of nitrogens with zero attached hydrogens (tertiary/aromatic N) is 2. The molecule has 3 aromatic rings. The third-order valence-corrected chi connectivity index (χ3v) is 3.82. The molecule has 0 unspecified atom stereocenters. The van der Waals surface area contributed by atoms with Gasteiger partial charge in [-0.15, -0.1) is 0 Å². The summed E-state index contributed by atoms with van der Waals surface area (Å²) in [7, 11) is 0. The standard InChI is InChI=1S/C18H12ClF3N4O/c19-12-6-2-4-8-14(12)25-17-23-10-9-15(26-17)16(27)24-13-7-3-1-5-11(13)18(20,21)22/h1-10H,(H,24,27)(H,23,25,26). The molecule has 138 valence electrons. The van der Waals surface area contributed by atoms with E-state index in [0.29, 0.717) is 10.7 Å². The van der Waals surface area contributed by atoms with Crippen LogP contribution in [0.1, 0.15) is 16.1 Å². The highest BCUT2D eigenvalue weighted by Gasteiger charge is 2.33. The minimum atomic E-state index is -4.59. The number of nitrogens with one attached hydrogen (secondary N) is 2. The van der Waals surface area contributed by atoms with Crippen LogP contribution in [0.4, 0.5) is 30.5 Å². The Morgan fingerprint density at radius 3 is 2.33 bits per heavy atom. The number of carbonyl (C=O) groups is 1. The number of rotatable bonds is 4. The molecule has 0 spiro atoms. The summed E-state index contributed by atoms with van der Waals surface area (Å²) in [6, 6.07) is 12.8. The highest BCUT2D eigenvalue weighted by atomic mass is 35.5. The van der Waals surface area contributed by atoms with Crippen LogP contribution in [0.15, 0.2) is 60.8 Å². The number of alkyl halides is 3. The lowest BCUT2D eigenvalue weighted by Crippen LogP contribution is -2.18. The van der Waals surface area contributed by atoms with E-state index in [-0.39, 0.29) is 17.3 Å². The third-order valence-electron chi connectivity index (χ3n) is 3.49. The smallest absolute Gasteiger partial charge is 0.323 e. The summed E-state index contributed by atoms with van der Waals surface area (Å²) in [5.74, 6) is -0.712. The van der Waals surface area contributed by atoms with Crippen LogP contribution in [-0.4, -0.2) is 15.9 Å². The summed E-state index contributed by atoms with van der Waals surface area (Å²) in [5, 5.41) is 5.51. The van der Waals surface area contributed by atoms with Gasteiger partial charge in [-0.2, -0.15) is 13.2 Å². The highest BCUT2D eigenvalue weighted by molar-refractivity contribution is 6.33. The average molecular weight is 393 g/mol. The van der Waals surface area contributed by atoms with Crippen LogP contribution in [0.25, 0.3) is 0 Å². The first-order chi connectivity index (χ1) is 12.8. The molecule has 1 heterocycles. The number of hydrogen-bond acceptors (Lipinski definition) is 4. The fourth-order valence-corrected chi connectivity index (χ4v) is 2.44. The molecule has 0 saturated heterocycles. The number of amides is 1. The Morgan fingerprint density at radius 1 is 0.963 bits per heavy atom. The number of aromatic nitrogens is 2. The van der Waals surface area contributed by atoms with Gasteiger partial charge in [0.1, 0.15) is 5.69 Å². The van der Waals surface area contributed by atoms with Crippen molar-refractivity contribution in [3.63, 3.8) is 0 Å². The maximum Gasteiger partial charge on any atom is 0.418 e. The van der Waals surface area contributed by atoms with Crippen LogP contribution >= 0.6 is 11.6 Å². The van der Waals surface area contributed by atoms with E-state index in [1.165, 1.54) is 30.5 Å². The number of halogens is 4. The molecule has 1 amide bonds. The van der Waals surface area contributed by atoms with Crippen LogP contribution in [0, 0.1) is 0 Å². The maximum atomic E-state index is 13.0. The van der Waals surface area contributed by atoms with Crippen molar-refractivity contribution in [2.24, 2.45) is 0 Å². The third kappa shape index (κ3) is 4.53. The van der Waals surface area contributed by atoms with Crippen molar-refractivity contribution in [3.8, 4) is 0 Å². The molecule has 0 aliphatic rings. The van der Waals surface area contributed by atoms with Crippen molar-refractivity contribution in [2.45, 2.75) is 6.18 Å². The summed E-state index contributed by atoms with van der Waals surface area (Å²) in [6.45, 7) is 0. The Morgan fingerprint density at radius 2 is 1.63 bits per heavy atom. The average Bonchev–Trinajstić information content (AvgIpc) is 2.63. The van der Waals surface area contributed by atoms with Gasteiger partial charge in [-0.25, -0.2) is 9.97 Å². The molecule has 0 bridgehead atoms. The lowest BCUT2D eigenvalue weighted by atomic mass is 10.1. The lowest BCUT2D eigenvalue weighted by Gasteiger charge is -2.13. The van der Waals surface area contributed by atoms with Gasteiger partial charge in [0, 0.05) is 6.20 Å². The van der Waals surface area contributed by atoms with Crippen molar-refractivity contribution in [1.29, 1.82) is 0 Å². The first kappa shape index (κ1) is 18.7. The molecule has 9 heteroatoms. The van der Waals surface area contributed by atoms with Crippen molar-refractivity contribution in [3.05, 3.63) is 77.1 Å². The van der Waals surface area contributed by atoms with E-state index >= 15 is 0 Å². The topological polar surface area (TPSA) is 66.9 Å². The summed E-state index contributed by atoms with van der Waals surface area (Å²) >= 11 is 6.04. The molecule has 27 heavy (non-hydrogen) atoms. The number of anilines is 3. The van der Waals surface area contributed by atoms with Crippen LogP contribution in [0.3, 0.4) is 0 Å². The van der Waals surface area contributed by atoms with E-state index in [1.54, 1.807) is 24.3 Å². The van der Waals surface area contributed by atoms with E-state index in [4.69, 9.17) is 11.6 Å². The predicted octanol–water partition coefficient (Wildman–Crippen LogP) is 5.14. The van der Waals surface area contributed by atoms with E-state index in [9.17, 15) is 18.0 Å². The molecule has 2 N–H and O–H groups in total. The molecule has 0 radical (unpaired) electrons. The summed E-state index contributed by atoms with van der Waals surface area (Å²) in [6.07, 6.45) is -3.27. The number of carbonyl (C=O) groups excluding carboxylic acids is 1. The summed E-state index contributed by atoms with van der Waals surface area (Å²) in [4.78, 5) is 20.3. The van der Waals surface area contributed by atoms with Gasteiger partial charge in [-0.3, -0.25) is 4.79 Å². The Hall–Kier alpha value is -3.13. The molecule has 0 aliphatic heterocycles. The zero-order valence-corrected chi connectivity index (χ0v) is 14.3. The van der Waals surface area contributed by atoms with Crippen molar-refractivity contribution >= 4 is 34.8 Å². The first-order valence-corrected chi connectivity index (χ1v) is 8.04. The largest absolute Gasteiger partial charge is 0.418 e. The Balaban J connectivity index is 1.82. The normalized spacial score (nSPS) is 11.1. The molecular formula is C18H12ClF3N4O. The SMILES string of the molecule is O=C(Nc1ccccc1C(F)(F)F)c1ccnc(Nc2ccccc2Cl)n1. The van der Waals surface area contributed by atoms with E-state index < -0.39 is 17.6 Å². The van der Waals surface area contributed by atoms with E-state index in [2.05, 4.69) is 20.6 Å². The zero-order valence-electron chi connectivity index (χ0n) is 13.6. The molecule has 5 nitrogen and oxygen atoms in total. The number of hydrogen-bond donors (Lipinski definition) is 2. The summed E-state index contributed by atoms with van der Waals surface area (Å²) in [5.41, 5.74) is -0.869. The van der Waals surface area contributed by atoms with Gasteiger partial charge in [0.25, 0.3) is 5.91 Å². The second kappa shape index (κ2) is 7.63. The van der Waals surface area contributed by atoms with Gasteiger partial charge in [-0.05, 0) is 30.3 Å². The second-order valence-corrected chi connectivity index (χ2v) is 5.78. The van der Waals surface area contributed by atoms with E-state index in [1.807, 2.05) is 0 Å². The Bertz CT molecular complexity index is 979. The van der Waals surface area contributed by atoms with Crippen molar-refractivity contribution in [1.82, 2.24) is 9.97 Å². The molecule has 1 aromatic heterocycles. The molecule has 3 rings (SSSR count). The van der Waals surface area contributed by atoms with Crippen molar-refractivity contribution < 1.29 is 18.0 Å². The zero-order chi connectivity index (χ0) is 19.4. The minimum Gasteiger partial charge on any atom is -0.323 e. The maximum absolute atomic E-state index is 13.0. The highest BCUT2D eigenvalue weighted by Crippen LogP contribution is 2.34. The van der Waals surface area contributed by atoms with Crippen LogP contribution in [0.2, 0.25) is 5.02 Å². The van der Waals surface area contributed by atoms with Crippen LogP contribution < -0.4 is 10.6 Å². The van der Waals surface area contributed by atoms with Gasteiger partial charge in [0.15, 0.2) is 0 Å². The van der Waals surface area contributed by atoms with Gasteiger partial charge in [-0.1, -0.05) is 35.9 Å². The van der Waals surface area contributed by atoms with Gasteiger partial charge >= 0.3 is 6.18 Å². The molecule has 0 saturated carbocycles. The van der Waals surface area contributed by atoms with E-state index in [0.717, 1.165) is 6.07 Å².